The van der Waals surface area contributed by atoms with E-state index in [1.165, 1.54) is 0 Å². The van der Waals surface area contributed by atoms with E-state index in [0.717, 1.165) is 43.0 Å². The van der Waals surface area contributed by atoms with Gasteiger partial charge < -0.3 is 19.7 Å². The number of likely N-dealkylation sites (N-methyl/N-ethyl adjacent to an activating group) is 1. The van der Waals surface area contributed by atoms with Crippen LogP contribution in [0.1, 0.15) is 25.3 Å². The molecule has 1 saturated heterocycles. The fourth-order valence-electron chi connectivity index (χ4n) is 3.78. The molecule has 0 radical (unpaired) electrons. The molecule has 2 aliphatic rings. The Hall–Kier alpha value is -2.54. The molecule has 7 nitrogen and oxygen atoms in total. The summed E-state index contributed by atoms with van der Waals surface area (Å²) in [4.78, 5) is 15.5. The van der Waals surface area contributed by atoms with Crippen molar-refractivity contribution in [3.8, 4) is 11.5 Å². The Morgan fingerprint density at radius 1 is 1.31 bits per heavy atom. The Morgan fingerprint density at radius 2 is 2.12 bits per heavy atom. The van der Waals surface area contributed by atoms with Gasteiger partial charge in [0.2, 0.25) is 6.79 Å². The molecule has 0 aliphatic carbocycles. The second kappa shape index (κ2) is 6.99. The first-order chi connectivity index (χ1) is 12.7. The molecule has 1 fully saturated rings. The number of hydrogen-bond donors (Lipinski definition) is 1. The van der Waals surface area contributed by atoms with Crippen LogP contribution in [0.4, 0.5) is 0 Å². The van der Waals surface area contributed by atoms with Crippen LogP contribution in [-0.2, 0) is 16.9 Å². The van der Waals surface area contributed by atoms with E-state index >= 15 is 0 Å². The quantitative estimate of drug-likeness (QED) is 0.884. The van der Waals surface area contributed by atoms with Gasteiger partial charge in [-0.3, -0.25) is 9.48 Å². The molecule has 2 aromatic rings. The molecule has 0 unspecified atom stereocenters. The number of nitrogens with zero attached hydrogens (tertiary/aromatic N) is 3. The van der Waals surface area contributed by atoms with Crippen LogP contribution in [-0.4, -0.2) is 47.0 Å². The van der Waals surface area contributed by atoms with Crippen LogP contribution in [0.15, 0.2) is 36.7 Å². The van der Waals surface area contributed by atoms with Crippen molar-refractivity contribution in [2.24, 2.45) is 0 Å². The molecule has 4 rings (SSSR count). The lowest BCUT2D eigenvalue weighted by Crippen LogP contribution is -2.55. The van der Waals surface area contributed by atoms with Crippen molar-refractivity contribution in [3.63, 3.8) is 0 Å². The number of hydrogen-bond acceptors (Lipinski definition) is 5. The largest absolute Gasteiger partial charge is 0.454 e. The molecule has 0 spiro atoms. The molecule has 26 heavy (non-hydrogen) atoms. The summed E-state index contributed by atoms with van der Waals surface area (Å²) in [5.41, 5.74) is 0.426. The first kappa shape index (κ1) is 16.9. The SMILES string of the molecule is CCN(Cc1ccc2c(c1)OCO2)C(=O)C1(n2cccn2)CCNCC1. The second-order valence-corrected chi connectivity index (χ2v) is 6.74. The molecule has 0 bridgehead atoms. The number of amides is 1. The van der Waals surface area contributed by atoms with E-state index in [4.69, 9.17) is 9.47 Å². The van der Waals surface area contributed by atoms with E-state index in [1.54, 1.807) is 6.20 Å². The maximum Gasteiger partial charge on any atom is 0.250 e. The molecule has 138 valence electrons. The van der Waals surface area contributed by atoms with Gasteiger partial charge in [-0.1, -0.05) is 6.07 Å². The molecular weight excluding hydrogens is 332 g/mol. The highest BCUT2D eigenvalue weighted by Crippen LogP contribution is 2.34. The summed E-state index contributed by atoms with van der Waals surface area (Å²) >= 11 is 0. The van der Waals surface area contributed by atoms with Gasteiger partial charge in [-0.15, -0.1) is 0 Å². The Kier molecular flexibility index (Phi) is 4.55. The minimum Gasteiger partial charge on any atom is -0.454 e. The number of fused-ring (bicyclic) bond motifs is 1. The van der Waals surface area contributed by atoms with Gasteiger partial charge >= 0.3 is 0 Å². The molecule has 1 amide bonds. The monoisotopic (exact) mass is 356 g/mol. The van der Waals surface area contributed by atoms with Gasteiger partial charge in [0.1, 0.15) is 5.54 Å². The number of piperidine rings is 1. The second-order valence-electron chi connectivity index (χ2n) is 6.74. The van der Waals surface area contributed by atoms with Crippen molar-refractivity contribution in [2.75, 3.05) is 26.4 Å². The zero-order valence-electron chi connectivity index (χ0n) is 15.0. The average Bonchev–Trinajstić information content (AvgIpc) is 3.37. The van der Waals surface area contributed by atoms with Gasteiger partial charge in [-0.2, -0.15) is 5.10 Å². The zero-order valence-corrected chi connectivity index (χ0v) is 15.0. The van der Waals surface area contributed by atoms with Gasteiger partial charge in [-0.25, -0.2) is 0 Å². The van der Waals surface area contributed by atoms with Gasteiger partial charge in [0.25, 0.3) is 5.91 Å². The smallest absolute Gasteiger partial charge is 0.250 e. The third-order valence-corrected chi connectivity index (χ3v) is 5.25. The van der Waals surface area contributed by atoms with Crippen molar-refractivity contribution < 1.29 is 14.3 Å². The molecule has 0 saturated carbocycles. The minimum atomic E-state index is -0.610. The molecule has 2 aliphatic heterocycles. The van der Waals surface area contributed by atoms with E-state index in [9.17, 15) is 4.79 Å². The van der Waals surface area contributed by atoms with Gasteiger partial charge in [0.15, 0.2) is 11.5 Å². The van der Waals surface area contributed by atoms with Crippen LogP contribution in [0.3, 0.4) is 0 Å². The minimum absolute atomic E-state index is 0.128. The number of carbonyl (C=O) groups excluding carboxylic acids is 1. The van der Waals surface area contributed by atoms with E-state index in [1.807, 2.05) is 47.0 Å². The highest BCUT2D eigenvalue weighted by molar-refractivity contribution is 5.84. The summed E-state index contributed by atoms with van der Waals surface area (Å²) in [6, 6.07) is 7.74. The van der Waals surface area contributed by atoms with Crippen LogP contribution >= 0.6 is 0 Å². The highest BCUT2D eigenvalue weighted by Gasteiger charge is 2.44. The van der Waals surface area contributed by atoms with Gasteiger partial charge in [0.05, 0.1) is 0 Å². The van der Waals surface area contributed by atoms with Crippen LogP contribution in [0.25, 0.3) is 0 Å². The normalized spacial score (nSPS) is 17.9. The van der Waals surface area contributed by atoms with Crippen molar-refractivity contribution in [1.29, 1.82) is 0 Å². The molecular formula is C19H24N4O3. The maximum absolute atomic E-state index is 13.6. The molecule has 0 atom stereocenters. The number of nitrogens with one attached hydrogen (secondary N) is 1. The Morgan fingerprint density at radius 3 is 2.85 bits per heavy atom. The predicted octanol–water partition coefficient (Wildman–Crippen LogP) is 1.74. The number of benzene rings is 1. The van der Waals surface area contributed by atoms with Gasteiger partial charge in [0, 0.05) is 25.5 Å². The summed E-state index contributed by atoms with van der Waals surface area (Å²) in [7, 11) is 0. The summed E-state index contributed by atoms with van der Waals surface area (Å²) in [6.07, 6.45) is 5.12. The molecule has 1 N–H and O–H groups in total. The number of carbonyl (C=O) groups is 1. The Bertz CT molecular complexity index is 769. The summed E-state index contributed by atoms with van der Waals surface area (Å²) in [5.74, 6) is 1.63. The number of rotatable bonds is 5. The molecule has 1 aromatic heterocycles. The zero-order chi connectivity index (χ0) is 18.0. The van der Waals surface area contributed by atoms with Crippen LogP contribution in [0.2, 0.25) is 0 Å². The number of ether oxygens (including phenoxy) is 2. The van der Waals surface area contributed by atoms with Crippen molar-refractivity contribution >= 4 is 5.91 Å². The van der Waals surface area contributed by atoms with E-state index < -0.39 is 5.54 Å². The Labute approximate surface area is 152 Å². The topological polar surface area (TPSA) is 68.6 Å². The third kappa shape index (κ3) is 2.92. The van der Waals surface area contributed by atoms with Crippen LogP contribution in [0, 0.1) is 0 Å². The van der Waals surface area contributed by atoms with Crippen LogP contribution in [0.5, 0.6) is 11.5 Å². The average molecular weight is 356 g/mol. The summed E-state index contributed by atoms with van der Waals surface area (Å²) in [6.45, 7) is 5.08. The fraction of sp³-hybridized carbons (Fsp3) is 0.474. The van der Waals surface area contributed by atoms with Crippen molar-refractivity contribution in [3.05, 3.63) is 42.2 Å². The Balaban J connectivity index is 1.59. The molecule has 1 aromatic carbocycles. The van der Waals surface area contributed by atoms with Crippen LogP contribution < -0.4 is 14.8 Å². The lowest BCUT2D eigenvalue weighted by Gasteiger charge is -2.40. The standard InChI is InChI=1S/C19H24N4O3/c1-2-22(13-15-4-5-16-17(12-15)26-14-25-16)18(24)19(6-9-20-10-7-19)23-11-3-8-21-23/h3-5,8,11-12,20H,2,6-7,9-10,13-14H2,1H3. The van der Waals surface area contributed by atoms with E-state index in [0.29, 0.717) is 13.1 Å². The highest BCUT2D eigenvalue weighted by atomic mass is 16.7. The van der Waals surface area contributed by atoms with Crippen molar-refractivity contribution in [1.82, 2.24) is 20.0 Å². The maximum atomic E-state index is 13.6. The predicted molar refractivity (Wildman–Crippen MR) is 96.0 cm³/mol. The summed E-state index contributed by atoms with van der Waals surface area (Å²) in [5, 5.41) is 7.76. The number of aromatic nitrogens is 2. The summed E-state index contributed by atoms with van der Waals surface area (Å²) < 4.78 is 12.7. The fourth-order valence-corrected chi connectivity index (χ4v) is 3.78. The first-order valence-corrected chi connectivity index (χ1v) is 9.12. The van der Waals surface area contributed by atoms with Crippen molar-refractivity contribution in [2.45, 2.75) is 31.8 Å². The third-order valence-electron chi connectivity index (χ3n) is 5.25. The molecule has 3 heterocycles. The molecule has 7 heteroatoms. The van der Waals surface area contributed by atoms with E-state index in [2.05, 4.69) is 10.4 Å². The first-order valence-electron chi connectivity index (χ1n) is 9.12. The lowest BCUT2D eigenvalue weighted by molar-refractivity contribution is -0.143. The van der Waals surface area contributed by atoms with Gasteiger partial charge in [-0.05, 0) is 56.6 Å². The lowest BCUT2D eigenvalue weighted by atomic mass is 9.86. The van der Waals surface area contributed by atoms with E-state index in [-0.39, 0.29) is 12.7 Å².